The Morgan fingerprint density at radius 1 is 1.47 bits per heavy atom. The van der Waals surface area contributed by atoms with Crippen molar-refractivity contribution >= 4 is 27.5 Å². The number of thiazole rings is 1. The number of hydrogen-bond acceptors (Lipinski definition) is 5. The topological polar surface area (TPSA) is 46.1 Å². The molecule has 0 amide bonds. The van der Waals surface area contributed by atoms with Gasteiger partial charge in [0.15, 0.2) is 5.78 Å². The minimum Gasteiger partial charge on any atom is -0.298 e. The number of carbonyl (C=O) groups excluding carboxylic acids is 1. The van der Waals surface area contributed by atoms with Crippen LogP contribution in [0.1, 0.15) is 23.5 Å². The number of Topliss-reactive ketones (excluding diaryl/α,β-unsaturated/α-hetero) is 1. The third kappa shape index (κ3) is 2.35. The maximum absolute atomic E-state index is 11.6. The SMILES string of the molecule is CC(=O)C(c1cnc2sc(C)nc2c1)N(C)C. The number of likely N-dealkylation sites (N-methyl/N-ethyl adjacent to an activating group) is 1. The fourth-order valence-electron chi connectivity index (χ4n) is 1.99. The van der Waals surface area contributed by atoms with E-state index in [1.165, 1.54) is 0 Å². The molecule has 0 saturated carbocycles. The lowest BCUT2D eigenvalue weighted by molar-refractivity contribution is -0.121. The van der Waals surface area contributed by atoms with Gasteiger partial charge in [0.2, 0.25) is 0 Å². The molecule has 0 fully saturated rings. The highest BCUT2D eigenvalue weighted by Gasteiger charge is 2.20. The first-order chi connectivity index (χ1) is 7.99. The van der Waals surface area contributed by atoms with Gasteiger partial charge in [-0.3, -0.25) is 9.69 Å². The van der Waals surface area contributed by atoms with Gasteiger partial charge in [0.25, 0.3) is 0 Å². The molecule has 0 aliphatic heterocycles. The van der Waals surface area contributed by atoms with E-state index in [9.17, 15) is 4.79 Å². The second-order valence-electron chi connectivity index (χ2n) is 4.30. The van der Waals surface area contributed by atoms with E-state index in [0.717, 1.165) is 20.9 Å². The van der Waals surface area contributed by atoms with Crippen molar-refractivity contribution in [3.63, 3.8) is 0 Å². The van der Waals surface area contributed by atoms with Gasteiger partial charge < -0.3 is 0 Å². The molecule has 90 valence electrons. The molecule has 1 unspecified atom stereocenters. The predicted octanol–water partition coefficient (Wildman–Crippen LogP) is 2.19. The molecule has 2 rings (SSSR count). The van der Waals surface area contributed by atoms with Crippen LogP contribution in [0.3, 0.4) is 0 Å². The number of hydrogen-bond donors (Lipinski definition) is 0. The lowest BCUT2D eigenvalue weighted by atomic mass is 10.0. The molecule has 5 heteroatoms. The first-order valence-electron chi connectivity index (χ1n) is 5.39. The zero-order valence-electron chi connectivity index (χ0n) is 10.4. The maximum atomic E-state index is 11.6. The second-order valence-corrected chi connectivity index (χ2v) is 5.48. The Kier molecular flexibility index (Phi) is 3.22. The molecular formula is C12H15N3OS. The number of ketones is 1. The van der Waals surface area contributed by atoms with Crippen LogP contribution in [-0.4, -0.2) is 34.7 Å². The fourth-order valence-corrected chi connectivity index (χ4v) is 2.73. The van der Waals surface area contributed by atoms with Crippen LogP contribution in [0.4, 0.5) is 0 Å². The van der Waals surface area contributed by atoms with Crippen LogP contribution in [-0.2, 0) is 4.79 Å². The normalized spacial score (nSPS) is 13.2. The first-order valence-corrected chi connectivity index (χ1v) is 6.20. The molecule has 1 atom stereocenters. The van der Waals surface area contributed by atoms with E-state index in [-0.39, 0.29) is 11.8 Å². The van der Waals surface area contributed by atoms with Gasteiger partial charge in [-0.15, -0.1) is 0 Å². The number of aryl methyl sites for hydroxylation is 1. The highest BCUT2D eigenvalue weighted by Crippen LogP contribution is 2.25. The molecule has 0 bridgehead atoms. The van der Waals surface area contributed by atoms with Crippen LogP contribution in [0.15, 0.2) is 12.3 Å². The van der Waals surface area contributed by atoms with Crippen molar-refractivity contribution in [3.8, 4) is 0 Å². The van der Waals surface area contributed by atoms with E-state index < -0.39 is 0 Å². The average Bonchev–Trinajstić information content (AvgIpc) is 2.56. The summed E-state index contributed by atoms with van der Waals surface area (Å²) in [5.74, 6) is 0.114. The fraction of sp³-hybridized carbons (Fsp3) is 0.417. The number of rotatable bonds is 3. The minimum atomic E-state index is -0.242. The molecule has 0 aromatic carbocycles. The summed E-state index contributed by atoms with van der Waals surface area (Å²) in [5, 5.41) is 0.994. The van der Waals surface area contributed by atoms with E-state index in [0.29, 0.717) is 0 Å². The van der Waals surface area contributed by atoms with Crippen molar-refractivity contribution in [2.24, 2.45) is 0 Å². The van der Waals surface area contributed by atoms with Gasteiger partial charge in [-0.2, -0.15) is 0 Å². The van der Waals surface area contributed by atoms with E-state index in [4.69, 9.17) is 0 Å². The Labute approximate surface area is 104 Å². The first kappa shape index (κ1) is 12.1. The van der Waals surface area contributed by atoms with Crippen LogP contribution < -0.4 is 0 Å². The summed E-state index contributed by atoms with van der Waals surface area (Å²) < 4.78 is 0. The third-order valence-electron chi connectivity index (χ3n) is 2.59. The Morgan fingerprint density at radius 3 is 2.76 bits per heavy atom. The Bertz CT molecular complexity index is 562. The van der Waals surface area contributed by atoms with Crippen LogP contribution in [0, 0.1) is 6.92 Å². The summed E-state index contributed by atoms with van der Waals surface area (Å²) in [6, 6.07) is 1.71. The lowest BCUT2D eigenvalue weighted by Crippen LogP contribution is -2.26. The highest BCUT2D eigenvalue weighted by molar-refractivity contribution is 7.18. The third-order valence-corrected chi connectivity index (χ3v) is 3.49. The summed E-state index contributed by atoms with van der Waals surface area (Å²) in [6.07, 6.45) is 1.77. The van der Waals surface area contributed by atoms with Gasteiger partial charge in [-0.1, -0.05) is 11.3 Å². The monoisotopic (exact) mass is 249 g/mol. The number of nitrogens with zero attached hydrogens (tertiary/aromatic N) is 3. The van der Waals surface area contributed by atoms with Crippen molar-refractivity contribution in [1.82, 2.24) is 14.9 Å². The smallest absolute Gasteiger partial charge is 0.151 e. The van der Waals surface area contributed by atoms with Crippen LogP contribution in [0.25, 0.3) is 10.3 Å². The van der Waals surface area contributed by atoms with Crippen molar-refractivity contribution in [2.45, 2.75) is 19.9 Å². The maximum Gasteiger partial charge on any atom is 0.151 e. The summed E-state index contributed by atoms with van der Waals surface area (Å²) >= 11 is 1.57. The van der Waals surface area contributed by atoms with Crippen molar-refractivity contribution in [2.75, 3.05) is 14.1 Å². The molecule has 0 aliphatic carbocycles. The molecule has 4 nitrogen and oxygen atoms in total. The van der Waals surface area contributed by atoms with Crippen LogP contribution >= 0.6 is 11.3 Å². The largest absolute Gasteiger partial charge is 0.298 e. The van der Waals surface area contributed by atoms with Gasteiger partial charge in [-0.05, 0) is 39.6 Å². The summed E-state index contributed by atoms with van der Waals surface area (Å²) in [6.45, 7) is 3.56. The molecule has 2 aromatic heterocycles. The number of carbonyl (C=O) groups is 1. The van der Waals surface area contributed by atoms with Gasteiger partial charge in [-0.25, -0.2) is 9.97 Å². The van der Waals surface area contributed by atoms with Crippen molar-refractivity contribution in [3.05, 3.63) is 22.8 Å². The molecule has 0 spiro atoms. The van der Waals surface area contributed by atoms with Gasteiger partial charge >= 0.3 is 0 Å². The minimum absolute atomic E-state index is 0.114. The van der Waals surface area contributed by atoms with Crippen molar-refractivity contribution in [1.29, 1.82) is 0 Å². The molecule has 0 N–H and O–H groups in total. The number of pyridine rings is 1. The average molecular weight is 249 g/mol. The second kappa shape index (κ2) is 4.50. The quantitative estimate of drug-likeness (QED) is 0.836. The lowest BCUT2D eigenvalue weighted by Gasteiger charge is -2.21. The highest BCUT2D eigenvalue weighted by atomic mass is 32.1. The number of fused-ring (bicyclic) bond motifs is 1. The van der Waals surface area contributed by atoms with E-state index in [2.05, 4.69) is 9.97 Å². The van der Waals surface area contributed by atoms with Crippen molar-refractivity contribution < 1.29 is 4.79 Å². The molecule has 17 heavy (non-hydrogen) atoms. The van der Waals surface area contributed by atoms with E-state index in [1.807, 2.05) is 32.0 Å². The van der Waals surface area contributed by atoms with Gasteiger partial charge in [0, 0.05) is 6.20 Å². The predicted molar refractivity (Wildman–Crippen MR) is 69.3 cm³/mol. The number of aromatic nitrogens is 2. The summed E-state index contributed by atoms with van der Waals surface area (Å²) in [7, 11) is 3.78. The van der Waals surface area contributed by atoms with Crippen LogP contribution in [0.5, 0.6) is 0 Å². The Hall–Kier alpha value is -1.33. The van der Waals surface area contributed by atoms with Gasteiger partial charge in [0.05, 0.1) is 11.0 Å². The summed E-state index contributed by atoms with van der Waals surface area (Å²) in [4.78, 5) is 23.2. The Balaban J connectivity index is 2.50. The molecule has 2 aromatic rings. The van der Waals surface area contributed by atoms with Gasteiger partial charge in [0.1, 0.15) is 10.3 Å². The molecule has 0 radical (unpaired) electrons. The standard InChI is InChI=1S/C12H15N3OS/c1-7(16)11(15(3)4)9-5-10-12(13-6-9)17-8(2)14-10/h5-6,11H,1-4H3. The van der Waals surface area contributed by atoms with E-state index in [1.54, 1.807) is 24.5 Å². The molecular weight excluding hydrogens is 234 g/mol. The molecule has 0 aliphatic rings. The molecule has 2 heterocycles. The Morgan fingerprint density at radius 2 is 2.18 bits per heavy atom. The van der Waals surface area contributed by atoms with E-state index >= 15 is 0 Å². The zero-order chi connectivity index (χ0) is 12.6. The van der Waals surface area contributed by atoms with Crippen LogP contribution in [0.2, 0.25) is 0 Å². The molecule has 0 saturated heterocycles. The zero-order valence-corrected chi connectivity index (χ0v) is 11.2. The summed E-state index contributed by atoms with van der Waals surface area (Å²) in [5.41, 5.74) is 1.78.